The Morgan fingerprint density at radius 2 is 1.25 bits per heavy atom. The molecular formula is HCaCl3O3S. The summed E-state index contributed by atoms with van der Waals surface area (Å²) in [6.07, 6.45) is 0. The van der Waals surface area contributed by atoms with Gasteiger partial charge in [0.15, 0.2) is 0 Å². The van der Waals surface area contributed by atoms with Gasteiger partial charge in [0, 0.05) is 10.7 Å². The van der Waals surface area contributed by atoms with Crippen molar-refractivity contribution in [2.45, 2.75) is 0 Å². The molecule has 0 aliphatic carbocycles. The van der Waals surface area contributed by atoms with Crippen molar-refractivity contribution in [3.05, 3.63) is 0 Å². The Hall–Kier alpha value is 2.04. The SMILES string of the molecule is O=S(=O)(O)Cl.[Ca+2].[Cl-].[Cl-]. The van der Waals surface area contributed by atoms with Crippen LogP contribution in [0.15, 0.2) is 0 Å². The summed E-state index contributed by atoms with van der Waals surface area (Å²) in [5, 5.41) is 0. The molecule has 8 heavy (non-hydrogen) atoms. The Labute approximate surface area is 94.2 Å². The smallest absolute Gasteiger partial charge is 1.00 e. The van der Waals surface area contributed by atoms with Crippen molar-refractivity contribution in [3.63, 3.8) is 0 Å². The number of rotatable bonds is 0. The largest absolute Gasteiger partial charge is 2.00 e. The van der Waals surface area contributed by atoms with E-state index in [0.29, 0.717) is 0 Å². The second-order valence-corrected chi connectivity index (χ2v) is 2.41. The molecule has 8 heteroatoms. The third kappa shape index (κ3) is 95.8. The van der Waals surface area contributed by atoms with E-state index in [4.69, 9.17) is 13.0 Å². The minimum Gasteiger partial charge on any atom is -1.00 e. The van der Waals surface area contributed by atoms with Crippen molar-refractivity contribution in [1.29, 1.82) is 0 Å². The molecule has 0 aromatic carbocycles. The minimum atomic E-state index is -4.19. The van der Waals surface area contributed by atoms with Crippen molar-refractivity contribution >= 4 is 57.8 Å². The van der Waals surface area contributed by atoms with Gasteiger partial charge in [-0.15, -0.1) is 0 Å². The predicted octanol–water partition coefficient (Wildman–Crippen LogP) is -6.34. The molecule has 3 nitrogen and oxygen atoms in total. The fourth-order valence-electron chi connectivity index (χ4n) is 0. The monoisotopic (exact) mass is 226 g/mol. The molecule has 0 amide bonds. The van der Waals surface area contributed by atoms with Crippen LogP contribution in [0.4, 0.5) is 0 Å². The van der Waals surface area contributed by atoms with Crippen LogP contribution in [0.2, 0.25) is 0 Å². The van der Waals surface area contributed by atoms with E-state index in [1.807, 2.05) is 0 Å². The molecule has 1 N–H and O–H groups in total. The molecule has 0 bridgehead atoms. The molecule has 0 saturated heterocycles. The second-order valence-electron chi connectivity index (χ2n) is 0.412. The van der Waals surface area contributed by atoms with Crippen molar-refractivity contribution in [1.82, 2.24) is 0 Å². The van der Waals surface area contributed by atoms with Crippen LogP contribution in [0.3, 0.4) is 0 Å². The fraction of sp³-hybridized carbons (Fsp3) is 0. The third-order valence-electron chi connectivity index (χ3n) is 0. The van der Waals surface area contributed by atoms with Crippen LogP contribution < -0.4 is 24.8 Å². The van der Waals surface area contributed by atoms with E-state index in [1.54, 1.807) is 0 Å². The van der Waals surface area contributed by atoms with Gasteiger partial charge in [0.25, 0.3) is 0 Å². The maximum Gasteiger partial charge on any atom is 2.00 e. The second kappa shape index (κ2) is 9.04. The van der Waals surface area contributed by atoms with E-state index in [2.05, 4.69) is 10.7 Å². The first-order chi connectivity index (χ1) is 2.00. The molecule has 0 atom stereocenters. The van der Waals surface area contributed by atoms with Crippen LogP contribution >= 0.6 is 10.7 Å². The molecule has 0 aromatic rings. The van der Waals surface area contributed by atoms with Crippen LogP contribution in [0.25, 0.3) is 0 Å². The summed E-state index contributed by atoms with van der Waals surface area (Å²) >= 11 is 0. The van der Waals surface area contributed by atoms with Crippen molar-refractivity contribution in [2.24, 2.45) is 0 Å². The van der Waals surface area contributed by atoms with E-state index in [1.165, 1.54) is 0 Å². The zero-order valence-corrected chi connectivity index (χ0v) is 8.81. The van der Waals surface area contributed by atoms with Gasteiger partial charge in [-0.2, -0.15) is 8.42 Å². The molecule has 0 spiro atoms. The van der Waals surface area contributed by atoms with Crippen LogP contribution in [-0.2, 0) is 9.33 Å². The van der Waals surface area contributed by atoms with Gasteiger partial charge in [-0.05, 0) is 0 Å². The first-order valence-corrected chi connectivity index (χ1v) is 2.94. The first kappa shape index (κ1) is 22.5. The summed E-state index contributed by atoms with van der Waals surface area (Å²) in [7, 11) is -0.137. The van der Waals surface area contributed by atoms with Crippen LogP contribution in [-0.4, -0.2) is 50.7 Å². The van der Waals surface area contributed by atoms with E-state index >= 15 is 0 Å². The van der Waals surface area contributed by atoms with Gasteiger partial charge in [0.2, 0.25) is 0 Å². The summed E-state index contributed by atoms with van der Waals surface area (Å²) in [4.78, 5) is 0. The summed E-state index contributed by atoms with van der Waals surface area (Å²) in [5.74, 6) is 0. The van der Waals surface area contributed by atoms with Crippen LogP contribution in [0.5, 0.6) is 0 Å². The molecule has 0 aliphatic rings. The molecule has 0 aliphatic heterocycles. The van der Waals surface area contributed by atoms with Gasteiger partial charge in [0.1, 0.15) is 0 Å². The molecule has 48 valence electrons. The molecule has 0 radical (unpaired) electrons. The fourth-order valence-corrected chi connectivity index (χ4v) is 0. The van der Waals surface area contributed by atoms with Gasteiger partial charge >= 0.3 is 47.1 Å². The van der Waals surface area contributed by atoms with Gasteiger partial charge in [-0.3, -0.25) is 4.55 Å². The molecule has 0 heterocycles. The number of halogens is 3. The summed E-state index contributed by atoms with van der Waals surface area (Å²) in [5.41, 5.74) is 0. The predicted molar refractivity (Wildman–Crippen MR) is 23.2 cm³/mol. The first-order valence-electron chi connectivity index (χ1n) is 0.670. The van der Waals surface area contributed by atoms with Crippen LogP contribution in [0.1, 0.15) is 0 Å². The van der Waals surface area contributed by atoms with Gasteiger partial charge in [-0.1, -0.05) is 0 Å². The maximum absolute atomic E-state index is 8.95. The van der Waals surface area contributed by atoms with Crippen molar-refractivity contribution in [2.75, 3.05) is 0 Å². The summed E-state index contributed by atoms with van der Waals surface area (Å²) < 4.78 is 25.2. The van der Waals surface area contributed by atoms with Crippen molar-refractivity contribution < 1.29 is 37.8 Å². The van der Waals surface area contributed by atoms with E-state index < -0.39 is 9.33 Å². The van der Waals surface area contributed by atoms with Crippen LogP contribution in [0, 0.1) is 0 Å². The average Bonchev–Trinajstić information content (AvgIpc) is 0.722. The topological polar surface area (TPSA) is 54.4 Å². The van der Waals surface area contributed by atoms with Gasteiger partial charge in [0.05, 0.1) is 0 Å². The van der Waals surface area contributed by atoms with Gasteiger partial charge in [-0.25, -0.2) is 0 Å². The molecule has 0 aromatic heterocycles. The van der Waals surface area contributed by atoms with Gasteiger partial charge < -0.3 is 24.8 Å². The number of hydrogen-bond donors (Lipinski definition) is 1. The maximum atomic E-state index is 8.95. The Kier molecular flexibility index (Phi) is 25.4. The number of hydrogen-bond acceptors (Lipinski definition) is 2. The molecule has 0 saturated carbocycles. The average molecular weight is 228 g/mol. The zero-order chi connectivity index (χ0) is 4.50. The Bertz CT molecular complexity index is 97.7. The normalized spacial score (nSPS) is 7.25. The van der Waals surface area contributed by atoms with Crippen molar-refractivity contribution in [3.8, 4) is 0 Å². The molecule has 0 rings (SSSR count). The Morgan fingerprint density at radius 1 is 1.25 bits per heavy atom. The summed E-state index contributed by atoms with van der Waals surface area (Å²) in [6.45, 7) is 0. The minimum absolute atomic E-state index is 0. The zero-order valence-electron chi connectivity index (χ0n) is 3.51. The van der Waals surface area contributed by atoms with E-state index in [-0.39, 0.29) is 62.6 Å². The Morgan fingerprint density at radius 3 is 1.25 bits per heavy atom. The Balaban J connectivity index is -0.0000000267. The van der Waals surface area contributed by atoms with E-state index in [0.717, 1.165) is 0 Å². The quantitative estimate of drug-likeness (QED) is 0.254. The van der Waals surface area contributed by atoms with E-state index in [9.17, 15) is 0 Å². The molecular weight excluding hydrogens is 227 g/mol. The standard InChI is InChI=1S/Ca.ClHO3S.2ClH/c;1-5(2,3)4;;/h;(H,2,3,4);2*1H/q+2;;;/p-2. The molecule has 0 fully saturated rings. The third-order valence-corrected chi connectivity index (χ3v) is 0. The summed E-state index contributed by atoms with van der Waals surface area (Å²) in [6, 6.07) is 0. The molecule has 0 unspecified atom stereocenters.